The fourth-order valence-electron chi connectivity index (χ4n) is 3.42. The van der Waals surface area contributed by atoms with Crippen LogP contribution in [0.5, 0.6) is 0 Å². The fourth-order valence-corrected chi connectivity index (χ4v) is 4.26. The number of halogens is 3. The molecule has 0 aliphatic heterocycles. The van der Waals surface area contributed by atoms with Gasteiger partial charge < -0.3 is 10.6 Å². The number of benzene rings is 2. The van der Waals surface area contributed by atoms with Crippen LogP contribution in [0.25, 0.3) is 0 Å². The summed E-state index contributed by atoms with van der Waals surface area (Å²) in [5.74, 6) is -0.312. The van der Waals surface area contributed by atoms with Crippen molar-refractivity contribution >= 4 is 39.8 Å². The van der Waals surface area contributed by atoms with Gasteiger partial charge in [0.05, 0.1) is 5.75 Å². The van der Waals surface area contributed by atoms with Crippen LogP contribution in [0, 0.1) is 11.6 Å². The molecule has 1 aliphatic rings. The molecule has 0 heterocycles. The lowest BCUT2D eigenvalue weighted by atomic mass is 9.95. The summed E-state index contributed by atoms with van der Waals surface area (Å²) in [4.78, 5) is 4.17. The van der Waals surface area contributed by atoms with Gasteiger partial charge in [-0.3, -0.25) is 4.99 Å². The van der Waals surface area contributed by atoms with Gasteiger partial charge in [0.15, 0.2) is 15.8 Å². The van der Waals surface area contributed by atoms with E-state index in [1.54, 1.807) is 13.1 Å². The number of aliphatic imine (C=N–C) groups is 1. The molecule has 2 aromatic carbocycles. The number of nitrogens with one attached hydrogen (secondary N) is 2. The first-order valence-electron chi connectivity index (χ1n) is 9.37. The summed E-state index contributed by atoms with van der Waals surface area (Å²) >= 11 is 0. The zero-order chi connectivity index (χ0) is 21.1. The average molecular weight is 549 g/mol. The number of nitrogens with zero attached hydrogens (tertiary/aromatic N) is 1. The van der Waals surface area contributed by atoms with Gasteiger partial charge in [0.1, 0.15) is 11.6 Å². The molecule has 0 unspecified atom stereocenters. The predicted octanol–water partition coefficient (Wildman–Crippen LogP) is 3.52. The highest BCUT2D eigenvalue weighted by atomic mass is 127. The van der Waals surface area contributed by atoms with Gasteiger partial charge >= 0.3 is 0 Å². The molecule has 0 saturated heterocycles. The Bertz CT molecular complexity index is 1020. The van der Waals surface area contributed by atoms with Crippen LogP contribution >= 0.6 is 24.0 Å². The van der Waals surface area contributed by atoms with Gasteiger partial charge in [-0.2, -0.15) is 0 Å². The number of rotatable bonds is 7. The molecular weight excluding hydrogens is 523 g/mol. The summed E-state index contributed by atoms with van der Waals surface area (Å²) in [6, 6.07) is 10.8. The Kier molecular flexibility index (Phi) is 8.20. The van der Waals surface area contributed by atoms with Crippen LogP contribution in [0.3, 0.4) is 0 Å². The molecule has 0 amide bonds. The van der Waals surface area contributed by atoms with Crippen molar-refractivity contribution in [3.05, 3.63) is 70.8 Å². The zero-order valence-corrected chi connectivity index (χ0v) is 20.1. The maximum Gasteiger partial charge on any atom is 0.191 e. The Morgan fingerprint density at radius 1 is 1.10 bits per heavy atom. The van der Waals surface area contributed by atoms with Crippen LogP contribution < -0.4 is 10.6 Å². The fraction of sp³-hybridized carbons (Fsp3) is 0.381. The van der Waals surface area contributed by atoms with E-state index in [2.05, 4.69) is 15.6 Å². The third-order valence-electron chi connectivity index (χ3n) is 5.15. The quantitative estimate of drug-likeness (QED) is 0.315. The summed E-state index contributed by atoms with van der Waals surface area (Å²) in [5.41, 5.74) is 1.54. The Labute approximate surface area is 193 Å². The Morgan fingerprint density at radius 3 is 2.40 bits per heavy atom. The van der Waals surface area contributed by atoms with E-state index in [1.165, 1.54) is 24.3 Å². The first kappa shape index (κ1) is 24.5. The highest BCUT2D eigenvalue weighted by molar-refractivity contribution is 14.0. The van der Waals surface area contributed by atoms with Crippen LogP contribution in [0.15, 0.2) is 47.5 Å². The Morgan fingerprint density at radius 2 is 1.80 bits per heavy atom. The number of guanidine groups is 1. The molecule has 164 valence electrons. The number of hydrogen-bond donors (Lipinski definition) is 2. The second-order valence-corrected chi connectivity index (χ2v) is 9.66. The molecular formula is C21H26F2IN3O2S. The second kappa shape index (κ2) is 10.0. The molecule has 0 spiro atoms. The molecule has 2 N–H and O–H groups in total. The lowest BCUT2D eigenvalue weighted by Crippen LogP contribution is -2.41. The van der Waals surface area contributed by atoms with E-state index in [1.807, 2.05) is 12.1 Å². The molecule has 3 rings (SSSR count). The monoisotopic (exact) mass is 549 g/mol. The largest absolute Gasteiger partial charge is 0.356 e. The standard InChI is InChI=1S/C21H25F2N3O2S.HI/c1-24-20(26-14-21(9-10-21)18-5-3-4-6-19(18)23)25-12-16-11-17(22)8-7-15(16)13-29(2,27)28;/h3-8,11H,9-10,12-14H2,1-2H3,(H2,24,25,26);1H. The van der Waals surface area contributed by atoms with E-state index >= 15 is 0 Å². The zero-order valence-electron chi connectivity index (χ0n) is 16.9. The molecule has 0 atom stereocenters. The minimum atomic E-state index is -3.24. The van der Waals surface area contributed by atoms with Gasteiger partial charge in [-0.1, -0.05) is 24.3 Å². The van der Waals surface area contributed by atoms with Crippen molar-refractivity contribution in [3.8, 4) is 0 Å². The minimum absolute atomic E-state index is 0. The van der Waals surface area contributed by atoms with Crippen molar-refractivity contribution in [3.63, 3.8) is 0 Å². The van der Waals surface area contributed by atoms with Gasteiger partial charge in [0, 0.05) is 31.8 Å². The summed E-state index contributed by atoms with van der Waals surface area (Å²) in [6.45, 7) is 0.738. The third-order valence-corrected chi connectivity index (χ3v) is 5.98. The summed E-state index contributed by atoms with van der Waals surface area (Å²) in [6.07, 6.45) is 2.92. The van der Waals surface area contributed by atoms with Gasteiger partial charge in [0.25, 0.3) is 0 Å². The lowest BCUT2D eigenvalue weighted by molar-refractivity contribution is 0.559. The molecule has 1 fully saturated rings. The molecule has 5 nitrogen and oxygen atoms in total. The van der Waals surface area contributed by atoms with Gasteiger partial charge in [-0.25, -0.2) is 17.2 Å². The van der Waals surface area contributed by atoms with E-state index < -0.39 is 15.7 Å². The van der Waals surface area contributed by atoms with Crippen molar-refractivity contribution in [1.29, 1.82) is 0 Å². The lowest BCUT2D eigenvalue weighted by Gasteiger charge is -2.20. The maximum atomic E-state index is 14.2. The Hall–Kier alpha value is -1.75. The van der Waals surface area contributed by atoms with E-state index in [4.69, 9.17) is 0 Å². The molecule has 2 aromatic rings. The minimum Gasteiger partial charge on any atom is -0.356 e. The summed E-state index contributed by atoms with van der Waals surface area (Å²) < 4.78 is 51.1. The van der Waals surface area contributed by atoms with Crippen LogP contribution in [-0.2, 0) is 27.5 Å². The van der Waals surface area contributed by atoms with Crippen LogP contribution in [0.1, 0.15) is 29.5 Å². The van der Waals surface area contributed by atoms with Gasteiger partial charge in [-0.15, -0.1) is 24.0 Å². The second-order valence-electron chi connectivity index (χ2n) is 7.52. The topological polar surface area (TPSA) is 70.6 Å². The van der Waals surface area contributed by atoms with E-state index in [0.29, 0.717) is 29.2 Å². The maximum absolute atomic E-state index is 14.2. The van der Waals surface area contributed by atoms with Crippen molar-refractivity contribution in [2.75, 3.05) is 19.8 Å². The van der Waals surface area contributed by atoms with E-state index in [-0.39, 0.29) is 47.5 Å². The SMILES string of the molecule is CN=C(NCc1cc(F)ccc1CS(C)(=O)=O)NCC1(c2ccccc2F)CC1.I. The number of sulfone groups is 1. The highest BCUT2D eigenvalue weighted by Gasteiger charge is 2.45. The summed E-state index contributed by atoms with van der Waals surface area (Å²) in [5, 5.41) is 6.30. The normalized spacial score (nSPS) is 15.3. The van der Waals surface area contributed by atoms with Crippen LogP contribution in [-0.4, -0.2) is 34.2 Å². The van der Waals surface area contributed by atoms with Crippen molar-refractivity contribution in [2.45, 2.75) is 30.6 Å². The molecule has 0 aromatic heterocycles. The molecule has 1 aliphatic carbocycles. The third kappa shape index (κ3) is 6.37. The van der Waals surface area contributed by atoms with Gasteiger partial charge in [0.2, 0.25) is 0 Å². The predicted molar refractivity (Wildman–Crippen MR) is 126 cm³/mol. The van der Waals surface area contributed by atoms with Crippen molar-refractivity contribution < 1.29 is 17.2 Å². The molecule has 0 radical (unpaired) electrons. The van der Waals surface area contributed by atoms with Crippen LogP contribution in [0.2, 0.25) is 0 Å². The molecule has 9 heteroatoms. The average Bonchev–Trinajstić information content (AvgIpc) is 3.44. The smallest absolute Gasteiger partial charge is 0.191 e. The highest BCUT2D eigenvalue weighted by Crippen LogP contribution is 2.48. The van der Waals surface area contributed by atoms with Gasteiger partial charge in [-0.05, 0) is 47.7 Å². The Balaban J connectivity index is 0.00000320. The van der Waals surface area contributed by atoms with Crippen molar-refractivity contribution in [1.82, 2.24) is 10.6 Å². The van der Waals surface area contributed by atoms with E-state index in [0.717, 1.165) is 19.1 Å². The van der Waals surface area contributed by atoms with Crippen molar-refractivity contribution in [2.24, 2.45) is 4.99 Å². The molecule has 0 bridgehead atoms. The first-order valence-corrected chi connectivity index (χ1v) is 11.4. The van der Waals surface area contributed by atoms with E-state index in [9.17, 15) is 17.2 Å². The molecule has 30 heavy (non-hydrogen) atoms. The van der Waals surface area contributed by atoms with Crippen LogP contribution in [0.4, 0.5) is 8.78 Å². The number of hydrogen-bond acceptors (Lipinski definition) is 3. The first-order chi connectivity index (χ1) is 13.7. The molecule has 1 saturated carbocycles. The summed E-state index contributed by atoms with van der Waals surface area (Å²) in [7, 11) is -1.63.